The monoisotopic (exact) mass is 194 g/mol. The molecule has 0 aromatic carbocycles. The Morgan fingerprint density at radius 1 is 1.57 bits per heavy atom. The van der Waals surface area contributed by atoms with E-state index in [-0.39, 0.29) is 6.10 Å². The van der Waals surface area contributed by atoms with Gasteiger partial charge in [0.1, 0.15) is 0 Å². The van der Waals surface area contributed by atoms with E-state index in [9.17, 15) is 5.11 Å². The van der Waals surface area contributed by atoms with Crippen LogP contribution in [0.15, 0.2) is 12.3 Å². The first-order valence-electron chi connectivity index (χ1n) is 5.42. The highest BCUT2D eigenvalue weighted by molar-refractivity contribution is 5.00. The maximum absolute atomic E-state index is 9.66. The second-order valence-corrected chi connectivity index (χ2v) is 4.24. The van der Waals surface area contributed by atoms with Gasteiger partial charge in [0.15, 0.2) is 0 Å². The zero-order valence-electron chi connectivity index (χ0n) is 8.69. The standard InChI is InChI=1S/C11H18N2O/c1-13-10(7-8-12-13)6-5-9-3-2-4-11(9)14/h7-9,11,14H,2-6H2,1H3. The average Bonchev–Trinajstić information content (AvgIpc) is 2.72. The number of aromatic nitrogens is 2. The van der Waals surface area contributed by atoms with Crippen molar-refractivity contribution in [3.8, 4) is 0 Å². The molecular weight excluding hydrogens is 176 g/mol. The van der Waals surface area contributed by atoms with Crippen molar-refractivity contribution in [1.82, 2.24) is 9.78 Å². The Labute approximate surface area is 84.7 Å². The Kier molecular flexibility index (Phi) is 2.87. The number of hydrogen-bond acceptors (Lipinski definition) is 2. The minimum atomic E-state index is -0.0526. The third kappa shape index (κ3) is 1.98. The molecule has 0 bridgehead atoms. The van der Waals surface area contributed by atoms with E-state index in [2.05, 4.69) is 11.2 Å². The van der Waals surface area contributed by atoms with Crippen LogP contribution < -0.4 is 0 Å². The quantitative estimate of drug-likeness (QED) is 0.792. The highest BCUT2D eigenvalue weighted by Crippen LogP contribution is 2.29. The van der Waals surface area contributed by atoms with E-state index in [1.165, 1.54) is 18.5 Å². The highest BCUT2D eigenvalue weighted by Gasteiger charge is 2.24. The van der Waals surface area contributed by atoms with Crippen molar-refractivity contribution in [1.29, 1.82) is 0 Å². The summed E-state index contributed by atoms with van der Waals surface area (Å²) in [6.07, 6.45) is 7.30. The van der Waals surface area contributed by atoms with Crippen LogP contribution in [0.25, 0.3) is 0 Å². The largest absolute Gasteiger partial charge is 0.393 e. The number of nitrogens with zero attached hydrogens (tertiary/aromatic N) is 2. The predicted octanol–water partition coefficient (Wildman–Crippen LogP) is 1.51. The maximum Gasteiger partial charge on any atom is 0.0568 e. The second-order valence-electron chi connectivity index (χ2n) is 4.24. The van der Waals surface area contributed by atoms with E-state index in [1.807, 2.05) is 17.9 Å². The number of hydrogen-bond donors (Lipinski definition) is 1. The van der Waals surface area contributed by atoms with Gasteiger partial charge in [0.05, 0.1) is 6.10 Å². The lowest BCUT2D eigenvalue weighted by Gasteiger charge is -2.13. The summed E-state index contributed by atoms with van der Waals surface area (Å²) in [7, 11) is 1.97. The summed E-state index contributed by atoms with van der Waals surface area (Å²) in [5.41, 5.74) is 1.27. The molecule has 2 unspecified atom stereocenters. The summed E-state index contributed by atoms with van der Waals surface area (Å²) in [5, 5.41) is 13.8. The molecule has 2 rings (SSSR count). The van der Waals surface area contributed by atoms with Crippen LogP contribution in [0, 0.1) is 5.92 Å². The Hall–Kier alpha value is -0.830. The molecule has 3 heteroatoms. The molecule has 14 heavy (non-hydrogen) atoms. The van der Waals surface area contributed by atoms with Crippen LogP contribution >= 0.6 is 0 Å². The van der Waals surface area contributed by atoms with E-state index >= 15 is 0 Å². The number of aryl methyl sites for hydroxylation is 2. The van der Waals surface area contributed by atoms with Gasteiger partial charge in [-0.05, 0) is 37.7 Å². The van der Waals surface area contributed by atoms with Crippen LogP contribution in [0.2, 0.25) is 0 Å². The number of aliphatic hydroxyl groups is 1. The molecule has 0 aliphatic heterocycles. The first kappa shape index (κ1) is 9.71. The minimum Gasteiger partial charge on any atom is -0.393 e. The van der Waals surface area contributed by atoms with Crippen LogP contribution in [0.3, 0.4) is 0 Å². The van der Waals surface area contributed by atoms with E-state index in [0.717, 1.165) is 19.3 Å². The number of aliphatic hydroxyl groups excluding tert-OH is 1. The average molecular weight is 194 g/mol. The Bertz CT molecular complexity index is 295. The Morgan fingerprint density at radius 3 is 3.00 bits per heavy atom. The van der Waals surface area contributed by atoms with Crippen molar-refractivity contribution in [2.24, 2.45) is 13.0 Å². The van der Waals surface area contributed by atoms with Gasteiger partial charge in [0, 0.05) is 18.9 Å². The molecular formula is C11H18N2O. The third-order valence-electron chi connectivity index (χ3n) is 3.31. The van der Waals surface area contributed by atoms with E-state index in [1.54, 1.807) is 0 Å². The topological polar surface area (TPSA) is 38.0 Å². The van der Waals surface area contributed by atoms with Gasteiger partial charge in [0.2, 0.25) is 0 Å². The molecule has 2 atom stereocenters. The van der Waals surface area contributed by atoms with E-state index in [0.29, 0.717) is 5.92 Å². The normalized spacial score (nSPS) is 27.0. The lowest BCUT2D eigenvalue weighted by molar-refractivity contribution is 0.128. The molecule has 0 amide bonds. The van der Waals surface area contributed by atoms with Gasteiger partial charge in [-0.2, -0.15) is 5.10 Å². The fourth-order valence-corrected chi connectivity index (χ4v) is 2.33. The molecule has 0 saturated heterocycles. The van der Waals surface area contributed by atoms with Crippen LogP contribution in [-0.2, 0) is 13.5 Å². The van der Waals surface area contributed by atoms with Crippen molar-refractivity contribution < 1.29 is 5.11 Å². The van der Waals surface area contributed by atoms with Crippen molar-refractivity contribution >= 4 is 0 Å². The molecule has 78 valence electrons. The third-order valence-corrected chi connectivity index (χ3v) is 3.31. The van der Waals surface area contributed by atoms with Crippen molar-refractivity contribution in [3.63, 3.8) is 0 Å². The summed E-state index contributed by atoms with van der Waals surface area (Å²) in [4.78, 5) is 0. The first-order valence-corrected chi connectivity index (χ1v) is 5.42. The van der Waals surface area contributed by atoms with Gasteiger partial charge >= 0.3 is 0 Å². The van der Waals surface area contributed by atoms with Gasteiger partial charge in [-0.3, -0.25) is 4.68 Å². The summed E-state index contributed by atoms with van der Waals surface area (Å²) < 4.78 is 1.92. The van der Waals surface area contributed by atoms with Crippen molar-refractivity contribution in [2.45, 2.75) is 38.2 Å². The maximum atomic E-state index is 9.66. The SMILES string of the molecule is Cn1nccc1CCC1CCCC1O. The molecule has 0 radical (unpaired) electrons. The molecule has 3 nitrogen and oxygen atoms in total. The second kappa shape index (κ2) is 4.13. The predicted molar refractivity (Wildman–Crippen MR) is 54.9 cm³/mol. The molecule has 1 aliphatic rings. The molecule has 1 heterocycles. The van der Waals surface area contributed by atoms with Crippen LogP contribution in [0.4, 0.5) is 0 Å². The van der Waals surface area contributed by atoms with Gasteiger partial charge in [-0.15, -0.1) is 0 Å². The lowest BCUT2D eigenvalue weighted by Crippen LogP contribution is -2.14. The molecule has 1 aliphatic carbocycles. The van der Waals surface area contributed by atoms with Gasteiger partial charge in [-0.1, -0.05) is 6.42 Å². The summed E-state index contributed by atoms with van der Waals surface area (Å²) >= 11 is 0. The van der Waals surface area contributed by atoms with Gasteiger partial charge < -0.3 is 5.11 Å². The summed E-state index contributed by atoms with van der Waals surface area (Å²) in [6.45, 7) is 0. The molecule has 1 N–H and O–H groups in total. The zero-order chi connectivity index (χ0) is 9.97. The molecule has 1 aromatic rings. The van der Waals surface area contributed by atoms with Gasteiger partial charge in [0.25, 0.3) is 0 Å². The van der Waals surface area contributed by atoms with E-state index in [4.69, 9.17) is 0 Å². The van der Waals surface area contributed by atoms with Crippen LogP contribution in [-0.4, -0.2) is 21.0 Å². The molecule has 1 aromatic heterocycles. The van der Waals surface area contributed by atoms with Crippen molar-refractivity contribution in [2.75, 3.05) is 0 Å². The Morgan fingerprint density at radius 2 is 2.43 bits per heavy atom. The number of rotatable bonds is 3. The Balaban J connectivity index is 1.85. The highest BCUT2D eigenvalue weighted by atomic mass is 16.3. The van der Waals surface area contributed by atoms with E-state index < -0.39 is 0 Å². The molecule has 0 spiro atoms. The molecule has 1 saturated carbocycles. The van der Waals surface area contributed by atoms with Crippen molar-refractivity contribution in [3.05, 3.63) is 18.0 Å². The minimum absolute atomic E-state index is 0.0526. The van der Waals surface area contributed by atoms with Crippen LogP contribution in [0.5, 0.6) is 0 Å². The summed E-state index contributed by atoms with van der Waals surface area (Å²) in [5.74, 6) is 0.518. The summed E-state index contributed by atoms with van der Waals surface area (Å²) in [6, 6.07) is 2.06. The lowest BCUT2D eigenvalue weighted by atomic mass is 9.98. The fraction of sp³-hybridized carbons (Fsp3) is 0.727. The van der Waals surface area contributed by atoms with Gasteiger partial charge in [-0.25, -0.2) is 0 Å². The fourth-order valence-electron chi connectivity index (χ4n) is 2.33. The zero-order valence-corrected chi connectivity index (χ0v) is 8.69. The molecule has 1 fully saturated rings. The first-order chi connectivity index (χ1) is 6.77. The smallest absolute Gasteiger partial charge is 0.0568 e. The van der Waals surface area contributed by atoms with Crippen LogP contribution in [0.1, 0.15) is 31.4 Å².